The minimum atomic E-state index is -4.82. The van der Waals surface area contributed by atoms with Gasteiger partial charge in [-0.25, -0.2) is 9.89 Å². The normalized spacial score (nSPS) is 17.1. The van der Waals surface area contributed by atoms with Crippen LogP contribution in [0.4, 0.5) is 18.9 Å². The van der Waals surface area contributed by atoms with E-state index in [1.807, 2.05) is 5.10 Å². The number of alkyl halides is 3. The van der Waals surface area contributed by atoms with E-state index in [9.17, 15) is 22.8 Å². The Balaban J connectivity index is 1.81. The first-order chi connectivity index (χ1) is 12.8. The van der Waals surface area contributed by atoms with Crippen LogP contribution in [0.5, 0.6) is 5.75 Å². The third-order valence-electron chi connectivity index (χ3n) is 4.21. The minimum Gasteiger partial charge on any atom is -0.490 e. The standard InChI is InChI=1S/C16H15F3N4O4/c17-16(18,19)13-12(7-21-22-14(13)24)23-3-1-2-10(23)8-27-11-4-9(15(25)26)5-20-6-11/h4-7,10H,1-3,8H2,(H,22,24)(H,25,26)/t10-/m0/s1. The monoisotopic (exact) mass is 384 g/mol. The van der Waals surface area contributed by atoms with Gasteiger partial charge in [0.1, 0.15) is 17.9 Å². The fourth-order valence-electron chi connectivity index (χ4n) is 3.01. The maximum absolute atomic E-state index is 13.3. The number of rotatable bonds is 5. The fourth-order valence-corrected chi connectivity index (χ4v) is 3.01. The molecule has 27 heavy (non-hydrogen) atoms. The first-order valence-corrected chi connectivity index (χ1v) is 8.00. The molecule has 0 aromatic carbocycles. The lowest BCUT2D eigenvalue weighted by atomic mass is 10.2. The van der Waals surface area contributed by atoms with E-state index in [2.05, 4.69) is 10.1 Å². The molecule has 2 N–H and O–H groups in total. The average molecular weight is 384 g/mol. The summed E-state index contributed by atoms with van der Waals surface area (Å²) in [6.07, 6.45) is -0.188. The second-order valence-corrected chi connectivity index (χ2v) is 5.97. The number of ether oxygens (including phenoxy) is 1. The van der Waals surface area contributed by atoms with Crippen LogP contribution in [0.1, 0.15) is 28.8 Å². The van der Waals surface area contributed by atoms with Gasteiger partial charge < -0.3 is 14.7 Å². The first-order valence-electron chi connectivity index (χ1n) is 8.00. The largest absolute Gasteiger partial charge is 0.490 e. The highest BCUT2D eigenvalue weighted by Crippen LogP contribution is 2.36. The first kappa shape index (κ1) is 18.7. The number of pyridine rings is 1. The summed E-state index contributed by atoms with van der Waals surface area (Å²) in [7, 11) is 0. The Morgan fingerprint density at radius 1 is 1.37 bits per heavy atom. The summed E-state index contributed by atoms with van der Waals surface area (Å²) in [5.74, 6) is -0.971. The summed E-state index contributed by atoms with van der Waals surface area (Å²) < 4.78 is 45.4. The van der Waals surface area contributed by atoms with Crippen molar-refractivity contribution >= 4 is 11.7 Å². The van der Waals surface area contributed by atoms with E-state index in [1.54, 1.807) is 0 Å². The van der Waals surface area contributed by atoms with Crippen LogP contribution in [-0.4, -0.2) is 45.5 Å². The van der Waals surface area contributed by atoms with Crippen LogP contribution in [0.3, 0.4) is 0 Å². The molecule has 0 amide bonds. The topological polar surface area (TPSA) is 108 Å². The number of aromatic nitrogens is 3. The summed E-state index contributed by atoms with van der Waals surface area (Å²) >= 11 is 0. The van der Waals surface area contributed by atoms with E-state index >= 15 is 0 Å². The summed E-state index contributed by atoms with van der Waals surface area (Å²) in [5, 5.41) is 14.3. The number of hydrogen-bond donors (Lipinski definition) is 2. The van der Waals surface area contributed by atoms with Gasteiger partial charge in [0.05, 0.1) is 29.7 Å². The molecular weight excluding hydrogens is 369 g/mol. The number of H-pyrrole nitrogens is 1. The number of carbonyl (C=O) groups is 1. The lowest BCUT2D eigenvalue weighted by Crippen LogP contribution is -2.37. The lowest BCUT2D eigenvalue weighted by Gasteiger charge is -2.28. The van der Waals surface area contributed by atoms with Gasteiger partial charge in [0.2, 0.25) is 0 Å². The molecule has 2 aromatic rings. The van der Waals surface area contributed by atoms with Gasteiger partial charge in [-0.15, -0.1) is 0 Å². The molecule has 144 valence electrons. The number of nitrogens with zero attached hydrogens (tertiary/aromatic N) is 3. The molecule has 1 fully saturated rings. The Bertz CT molecular complexity index is 900. The number of anilines is 1. The summed E-state index contributed by atoms with van der Waals surface area (Å²) in [6.45, 7) is 0.324. The number of carboxylic acid groups (broad SMARTS) is 1. The molecule has 2 aromatic heterocycles. The smallest absolute Gasteiger partial charge is 0.423 e. The quantitative estimate of drug-likeness (QED) is 0.811. The maximum atomic E-state index is 13.3. The van der Waals surface area contributed by atoms with Crippen molar-refractivity contribution in [3.63, 3.8) is 0 Å². The van der Waals surface area contributed by atoms with Crippen molar-refractivity contribution in [1.82, 2.24) is 15.2 Å². The average Bonchev–Trinajstić information content (AvgIpc) is 3.07. The molecule has 0 saturated carbocycles. The Hall–Kier alpha value is -3.11. The van der Waals surface area contributed by atoms with Crippen LogP contribution in [0.15, 0.2) is 29.5 Å². The number of hydrogen-bond acceptors (Lipinski definition) is 6. The van der Waals surface area contributed by atoms with Crippen LogP contribution in [0.2, 0.25) is 0 Å². The van der Waals surface area contributed by atoms with Gasteiger partial charge in [-0.05, 0) is 18.9 Å². The zero-order valence-electron chi connectivity index (χ0n) is 13.9. The van der Waals surface area contributed by atoms with Gasteiger partial charge >= 0.3 is 12.1 Å². The van der Waals surface area contributed by atoms with Gasteiger partial charge in [-0.3, -0.25) is 9.78 Å². The molecule has 0 bridgehead atoms. The van der Waals surface area contributed by atoms with E-state index < -0.39 is 29.3 Å². The molecule has 1 saturated heterocycles. The van der Waals surface area contributed by atoms with Crippen LogP contribution < -0.4 is 15.2 Å². The predicted molar refractivity (Wildman–Crippen MR) is 86.9 cm³/mol. The third kappa shape index (κ3) is 4.01. The van der Waals surface area contributed by atoms with Crippen molar-refractivity contribution in [2.24, 2.45) is 0 Å². The summed E-state index contributed by atoms with van der Waals surface area (Å²) in [5.41, 5.74) is -2.95. The van der Waals surface area contributed by atoms with E-state index in [0.717, 1.165) is 12.4 Å². The maximum Gasteiger partial charge on any atom is 0.423 e. The Kier molecular flexibility index (Phi) is 5.02. The second kappa shape index (κ2) is 7.25. The number of nitrogens with one attached hydrogen (secondary N) is 1. The molecule has 3 rings (SSSR count). The van der Waals surface area contributed by atoms with Crippen LogP contribution in [0, 0.1) is 0 Å². The molecule has 1 aliphatic rings. The van der Waals surface area contributed by atoms with Crippen LogP contribution in [-0.2, 0) is 6.18 Å². The van der Waals surface area contributed by atoms with Gasteiger partial charge in [0.15, 0.2) is 0 Å². The van der Waals surface area contributed by atoms with E-state index in [-0.39, 0.29) is 23.6 Å². The molecule has 0 aliphatic carbocycles. The minimum absolute atomic E-state index is 0.00878. The van der Waals surface area contributed by atoms with E-state index in [0.29, 0.717) is 19.4 Å². The second-order valence-electron chi connectivity index (χ2n) is 5.97. The highest BCUT2D eigenvalue weighted by atomic mass is 19.4. The molecule has 0 radical (unpaired) electrons. The van der Waals surface area contributed by atoms with Crippen molar-refractivity contribution < 1.29 is 27.8 Å². The molecule has 8 nitrogen and oxygen atoms in total. The molecule has 1 aliphatic heterocycles. The summed E-state index contributed by atoms with van der Waals surface area (Å²) in [4.78, 5) is 27.8. The Morgan fingerprint density at radius 3 is 2.85 bits per heavy atom. The van der Waals surface area contributed by atoms with Crippen molar-refractivity contribution in [2.45, 2.75) is 25.1 Å². The van der Waals surface area contributed by atoms with E-state index in [4.69, 9.17) is 9.84 Å². The van der Waals surface area contributed by atoms with Gasteiger partial charge in [-0.1, -0.05) is 0 Å². The third-order valence-corrected chi connectivity index (χ3v) is 4.21. The van der Waals surface area contributed by atoms with Crippen molar-refractivity contribution in [3.8, 4) is 5.75 Å². The van der Waals surface area contributed by atoms with Gasteiger partial charge in [-0.2, -0.15) is 18.3 Å². The highest BCUT2D eigenvalue weighted by molar-refractivity contribution is 5.87. The number of carboxylic acids is 1. The number of halogens is 3. The molecule has 0 spiro atoms. The van der Waals surface area contributed by atoms with Gasteiger partial charge in [0, 0.05) is 12.7 Å². The fraction of sp³-hybridized carbons (Fsp3) is 0.375. The number of aromatic amines is 1. The Labute approximate surface area is 150 Å². The summed E-state index contributed by atoms with van der Waals surface area (Å²) in [6, 6.07) is 0.855. The van der Waals surface area contributed by atoms with Gasteiger partial charge in [0.25, 0.3) is 5.56 Å². The predicted octanol–water partition coefficient (Wildman–Crippen LogP) is 1.93. The van der Waals surface area contributed by atoms with E-state index in [1.165, 1.54) is 17.2 Å². The molecular formula is C16H15F3N4O4. The van der Waals surface area contributed by atoms with Crippen LogP contribution >= 0.6 is 0 Å². The SMILES string of the molecule is O=C(O)c1cncc(OC[C@@H]2CCCN2c2cn[nH]c(=O)c2C(F)(F)F)c1. The molecule has 1 atom stereocenters. The number of aromatic carboxylic acids is 1. The van der Waals surface area contributed by atoms with Crippen molar-refractivity contribution in [2.75, 3.05) is 18.1 Å². The zero-order valence-corrected chi connectivity index (χ0v) is 13.9. The molecule has 11 heteroatoms. The van der Waals surface area contributed by atoms with Crippen LogP contribution in [0.25, 0.3) is 0 Å². The highest BCUT2D eigenvalue weighted by Gasteiger charge is 2.40. The molecule has 0 unspecified atom stereocenters. The lowest BCUT2D eigenvalue weighted by molar-refractivity contribution is -0.138. The van der Waals surface area contributed by atoms with Crippen molar-refractivity contribution in [3.05, 3.63) is 46.1 Å². The zero-order chi connectivity index (χ0) is 19.6. The van der Waals surface area contributed by atoms with Crippen molar-refractivity contribution in [1.29, 1.82) is 0 Å². The molecule has 3 heterocycles. The Morgan fingerprint density at radius 2 is 2.15 bits per heavy atom.